The number of methoxy groups -OCH3 is 1. The van der Waals surface area contributed by atoms with E-state index in [2.05, 4.69) is 40.0 Å². The van der Waals surface area contributed by atoms with Gasteiger partial charge in [0.25, 0.3) is 5.91 Å². The van der Waals surface area contributed by atoms with Gasteiger partial charge in [0, 0.05) is 31.7 Å². The van der Waals surface area contributed by atoms with Crippen molar-refractivity contribution in [2.45, 2.75) is 32.6 Å². The van der Waals surface area contributed by atoms with Crippen molar-refractivity contribution in [1.82, 2.24) is 16.0 Å². The molecule has 0 bridgehead atoms. The number of guanidine groups is 1. The average molecular weight is 427 g/mol. The number of nitrogens with zero attached hydrogens (tertiary/aromatic N) is 1. The van der Waals surface area contributed by atoms with Crippen LogP contribution in [0, 0.1) is 0 Å². The lowest BCUT2D eigenvalue weighted by Crippen LogP contribution is -2.38. The van der Waals surface area contributed by atoms with Gasteiger partial charge >= 0.3 is 0 Å². The molecule has 31 heavy (non-hydrogen) atoms. The van der Waals surface area contributed by atoms with E-state index in [4.69, 9.17) is 4.74 Å². The van der Waals surface area contributed by atoms with Gasteiger partial charge in [-0.05, 0) is 61.6 Å². The number of hydrogen-bond acceptors (Lipinski definition) is 4. The van der Waals surface area contributed by atoms with E-state index in [-0.39, 0.29) is 11.7 Å². The van der Waals surface area contributed by atoms with E-state index in [0.29, 0.717) is 24.6 Å². The van der Waals surface area contributed by atoms with E-state index in [1.54, 1.807) is 25.3 Å². The molecular weight excluding hydrogens is 392 g/mol. The first-order valence-corrected chi connectivity index (χ1v) is 10.8. The molecule has 0 saturated carbocycles. The monoisotopic (exact) mass is 426 g/mol. The lowest BCUT2D eigenvalue weighted by Gasteiger charge is -2.15. The Morgan fingerprint density at radius 1 is 1.10 bits per heavy atom. The van der Waals surface area contributed by atoms with Crippen LogP contribution in [0.15, 0.2) is 53.5 Å². The number of carbonyl (C=O) groups is 1. The fourth-order valence-electron chi connectivity index (χ4n) is 3.07. The summed E-state index contributed by atoms with van der Waals surface area (Å²) in [5.74, 6) is 1.96. The van der Waals surface area contributed by atoms with Gasteiger partial charge in [-0.15, -0.1) is 0 Å². The topological polar surface area (TPSA) is 95.0 Å². The van der Waals surface area contributed by atoms with Gasteiger partial charge in [0.2, 0.25) is 0 Å². The summed E-state index contributed by atoms with van der Waals surface area (Å²) in [6.45, 7) is 6.96. The molecule has 0 aliphatic rings. The number of phenols is 1. The predicted molar refractivity (Wildman–Crippen MR) is 125 cm³/mol. The first-order valence-electron chi connectivity index (χ1n) is 10.8. The molecule has 2 aromatic rings. The molecule has 2 rings (SSSR count). The molecule has 4 N–H and O–H groups in total. The van der Waals surface area contributed by atoms with Gasteiger partial charge in [-0.2, -0.15) is 0 Å². The second kappa shape index (κ2) is 13.2. The molecule has 0 aliphatic carbocycles. The summed E-state index contributed by atoms with van der Waals surface area (Å²) in [6.07, 6.45) is 1.71. The number of amides is 1. The van der Waals surface area contributed by atoms with Crippen molar-refractivity contribution in [2.24, 2.45) is 4.99 Å². The normalized spacial score (nSPS) is 12.2. The second-order valence-corrected chi connectivity index (χ2v) is 7.31. The first kappa shape index (κ1) is 24.1. The van der Waals surface area contributed by atoms with Crippen LogP contribution in [0.25, 0.3) is 0 Å². The lowest BCUT2D eigenvalue weighted by molar-refractivity contribution is 0.0953. The van der Waals surface area contributed by atoms with Crippen LogP contribution in [0.1, 0.15) is 48.5 Å². The minimum atomic E-state index is -0.197. The number of benzene rings is 2. The number of aromatic hydroxyl groups is 1. The van der Waals surface area contributed by atoms with Gasteiger partial charge in [0.1, 0.15) is 11.5 Å². The van der Waals surface area contributed by atoms with Crippen LogP contribution >= 0.6 is 0 Å². The molecule has 1 unspecified atom stereocenters. The molecule has 0 radical (unpaired) electrons. The fourth-order valence-corrected chi connectivity index (χ4v) is 3.07. The standard InChI is InChI=1S/C24H34N4O3/c1-4-25-24(28-16-13-18(2)19-9-11-22(31-3)12-10-19)27-15-6-14-26-23(30)20-7-5-8-21(29)17-20/h5,7-12,17-18,29H,4,6,13-16H2,1-3H3,(H,26,30)(H2,25,27,28). The Morgan fingerprint density at radius 3 is 2.55 bits per heavy atom. The van der Waals surface area contributed by atoms with E-state index in [1.165, 1.54) is 11.6 Å². The van der Waals surface area contributed by atoms with Gasteiger partial charge in [-0.25, -0.2) is 0 Å². The van der Waals surface area contributed by atoms with Crippen LogP contribution in [0.2, 0.25) is 0 Å². The largest absolute Gasteiger partial charge is 0.508 e. The van der Waals surface area contributed by atoms with Crippen LogP contribution in [-0.4, -0.2) is 50.3 Å². The highest BCUT2D eigenvalue weighted by Crippen LogP contribution is 2.21. The van der Waals surface area contributed by atoms with Crippen molar-refractivity contribution in [1.29, 1.82) is 0 Å². The fraction of sp³-hybridized carbons (Fsp3) is 0.417. The molecule has 1 atom stereocenters. The van der Waals surface area contributed by atoms with Gasteiger partial charge in [-0.3, -0.25) is 9.79 Å². The third kappa shape index (κ3) is 8.58. The van der Waals surface area contributed by atoms with Crippen LogP contribution in [-0.2, 0) is 0 Å². The number of nitrogens with one attached hydrogen (secondary N) is 3. The number of rotatable bonds is 11. The molecule has 0 saturated heterocycles. The molecule has 0 heterocycles. The SMILES string of the molecule is CCNC(=NCCCNC(=O)c1cccc(O)c1)NCCC(C)c1ccc(OC)cc1. The molecule has 7 heteroatoms. The number of aliphatic imine (C=N–C) groups is 1. The minimum Gasteiger partial charge on any atom is -0.508 e. The van der Waals surface area contributed by atoms with Gasteiger partial charge in [0.05, 0.1) is 7.11 Å². The van der Waals surface area contributed by atoms with E-state index >= 15 is 0 Å². The smallest absolute Gasteiger partial charge is 0.251 e. The number of hydrogen-bond donors (Lipinski definition) is 4. The minimum absolute atomic E-state index is 0.0833. The molecule has 0 spiro atoms. The Bertz CT molecular complexity index is 837. The molecule has 1 amide bonds. The Hall–Kier alpha value is -3.22. The molecule has 2 aromatic carbocycles. The maximum absolute atomic E-state index is 12.1. The summed E-state index contributed by atoms with van der Waals surface area (Å²) in [6, 6.07) is 14.5. The van der Waals surface area contributed by atoms with Crippen molar-refractivity contribution in [3.8, 4) is 11.5 Å². The predicted octanol–water partition coefficient (Wildman–Crippen LogP) is 3.27. The van der Waals surface area contributed by atoms with Crippen molar-refractivity contribution < 1.29 is 14.6 Å². The highest BCUT2D eigenvalue weighted by molar-refractivity contribution is 5.94. The van der Waals surface area contributed by atoms with Gasteiger partial charge < -0.3 is 25.8 Å². The van der Waals surface area contributed by atoms with E-state index in [0.717, 1.165) is 37.6 Å². The summed E-state index contributed by atoms with van der Waals surface area (Å²) < 4.78 is 5.21. The van der Waals surface area contributed by atoms with E-state index in [9.17, 15) is 9.90 Å². The zero-order chi connectivity index (χ0) is 22.5. The molecule has 7 nitrogen and oxygen atoms in total. The Kier molecular flexibility index (Phi) is 10.2. The third-order valence-corrected chi connectivity index (χ3v) is 4.90. The maximum Gasteiger partial charge on any atom is 0.251 e. The number of carbonyl (C=O) groups excluding carboxylic acids is 1. The first-order chi connectivity index (χ1) is 15.0. The summed E-state index contributed by atoms with van der Waals surface area (Å²) in [5, 5.41) is 18.9. The number of phenolic OH excluding ortho intramolecular Hbond substituents is 1. The van der Waals surface area contributed by atoms with Crippen LogP contribution in [0.4, 0.5) is 0 Å². The summed E-state index contributed by atoms with van der Waals surface area (Å²) in [5.41, 5.74) is 1.73. The van der Waals surface area contributed by atoms with Crippen molar-refractivity contribution >= 4 is 11.9 Å². The van der Waals surface area contributed by atoms with Crippen LogP contribution in [0.3, 0.4) is 0 Å². The molecular formula is C24H34N4O3. The Labute approximate surface area is 184 Å². The number of ether oxygens (including phenoxy) is 1. The van der Waals surface area contributed by atoms with Crippen LogP contribution in [0.5, 0.6) is 11.5 Å². The van der Waals surface area contributed by atoms with Crippen LogP contribution < -0.4 is 20.7 Å². The highest BCUT2D eigenvalue weighted by atomic mass is 16.5. The second-order valence-electron chi connectivity index (χ2n) is 7.31. The van der Waals surface area contributed by atoms with Gasteiger partial charge in [-0.1, -0.05) is 25.1 Å². The average Bonchev–Trinajstić information content (AvgIpc) is 2.78. The van der Waals surface area contributed by atoms with Gasteiger partial charge in [0.15, 0.2) is 5.96 Å². The third-order valence-electron chi connectivity index (χ3n) is 4.90. The van der Waals surface area contributed by atoms with Crippen molar-refractivity contribution in [3.05, 3.63) is 59.7 Å². The Balaban J connectivity index is 1.71. The zero-order valence-electron chi connectivity index (χ0n) is 18.6. The van der Waals surface area contributed by atoms with Crippen molar-refractivity contribution in [2.75, 3.05) is 33.3 Å². The summed E-state index contributed by atoms with van der Waals surface area (Å²) in [4.78, 5) is 16.6. The van der Waals surface area contributed by atoms with E-state index in [1.807, 2.05) is 19.1 Å². The van der Waals surface area contributed by atoms with Crippen molar-refractivity contribution in [3.63, 3.8) is 0 Å². The molecule has 0 fully saturated rings. The zero-order valence-corrected chi connectivity index (χ0v) is 18.6. The summed E-state index contributed by atoms with van der Waals surface area (Å²) in [7, 11) is 1.67. The Morgan fingerprint density at radius 2 is 1.87 bits per heavy atom. The molecule has 168 valence electrons. The molecule has 0 aromatic heterocycles. The van der Waals surface area contributed by atoms with E-state index < -0.39 is 0 Å². The molecule has 0 aliphatic heterocycles. The maximum atomic E-state index is 12.1. The quantitative estimate of drug-likeness (QED) is 0.251. The lowest BCUT2D eigenvalue weighted by atomic mass is 9.98. The highest BCUT2D eigenvalue weighted by Gasteiger charge is 2.07. The summed E-state index contributed by atoms with van der Waals surface area (Å²) >= 11 is 0.